The largest absolute Gasteiger partial charge is 0.0843 e. The predicted molar refractivity (Wildman–Crippen MR) is 99.8 cm³/mol. The van der Waals surface area contributed by atoms with Crippen molar-refractivity contribution in [2.75, 3.05) is 0 Å². The Morgan fingerprint density at radius 3 is 1.83 bits per heavy atom. The molecule has 0 aromatic heterocycles. The van der Waals surface area contributed by atoms with Crippen LogP contribution in [-0.2, 0) is 0 Å². The van der Waals surface area contributed by atoms with Gasteiger partial charge in [0.2, 0.25) is 0 Å². The molecule has 0 radical (unpaired) electrons. The monoisotopic (exact) mass is 314 g/mol. The molecule has 0 aliphatic heterocycles. The fourth-order valence-electron chi connectivity index (χ4n) is 3.10. The van der Waals surface area contributed by atoms with E-state index in [9.17, 15) is 0 Å². The average Bonchev–Trinajstić information content (AvgIpc) is 2.61. The van der Waals surface area contributed by atoms with Gasteiger partial charge in [-0.3, -0.25) is 0 Å². The number of halogens is 1. The molecule has 4 aromatic rings. The van der Waals surface area contributed by atoms with Gasteiger partial charge >= 0.3 is 0 Å². The highest BCUT2D eigenvalue weighted by Crippen LogP contribution is 2.36. The van der Waals surface area contributed by atoms with Crippen molar-refractivity contribution in [1.29, 1.82) is 0 Å². The SMILES string of the molecule is Clc1cccc(-c2cccc3cccc(-c4ccccc4)c23)c1. The zero-order chi connectivity index (χ0) is 15.6. The van der Waals surface area contributed by atoms with Crippen LogP contribution in [0.4, 0.5) is 0 Å². The van der Waals surface area contributed by atoms with Crippen LogP contribution in [0.5, 0.6) is 0 Å². The highest BCUT2D eigenvalue weighted by molar-refractivity contribution is 6.31. The van der Waals surface area contributed by atoms with E-state index in [1.54, 1.807) is 0 Å². The number of benzene rings is 4. The maximum Gasteiger partial charge on any atom is 0.0412 e. The molecule has 0 atom stereocenters. The quantitative estimate of drug-likeness (QED) is 0.380. The van der Waals surface area contributed by atoms with Crippen molar-refractivity contribution in [2.24, 2.45) is 0 Å². The molecule has 0 aliphatic carbocycles. The highest BCUT2D eigenvalue weighted by atomic mass is 35.5. The Labute approximate surface area is 141 Å². The molecule has 0 bridgehead atoms. The fourth-order valence-corrected chi connectivity index (χ4v) is 3.29. The Balaban J connectivity index is 2.06. The maximum absolute atomic E-state index is 6.20. The van der Waals surface area contributed by atoms with Gasteiger partial charge in [0.25, 0.3) is 0 Å². The molecule has 0 amide bonds. The molecule has 0 heterocycles. The molecule has 0 spiro atoms. The first-order valence-electron chi connectivity index (χ1n) is 7.66. The van der Waals surface area contributed by atoms with Gasteiger partial charge in [0.1, 0.15) is 0 Å². The average molecular weight is 315 g/mol. The minimum Gasteiger partial charge on any atom is -0.0843 e. The molecule has 23 heavy (non-hydrogen) atoms. The molecule has 0 aliphatic rings. The van der Waals surface area contributed by atoms with Crippen LogP contribution in [0.1, 0.15) is 0 Å². The van der Waals surface area contributed by atoms with Gasteiger partial charge in [0.15, 0.2) is 0 Å². The summed E-state index contributed by atoms with van der Waals surface area (Å²) in [7, 11) is 0. The zero-order valence-electron chi connectivity index (χ0n) is 12.5. The number of hydrogen-bond acceptors (Lipinski definition) is 0. The Hall–Kier alpha value is -2.57. The van der Waals surface area contributed by atoms with Crippen LogP contribution in [0, 0.1) is 0 Å². The summed E-state index contributed by atoms with van der Waals surface area (Å²) >= 11 is 6.20. The van der Waals surface area contributed by atoms with Crippen LogP contribution >= 0.6 is 11.6 Å². The first-order valence-corrected chi connectivity index (χ1v) is 8.04. The molecule has 0 saturated heterocycles. The Morgan fingerprint density at radius 1 is 0.522 bits per heavy atom. The molecular weight excluding hydrogens is 300 g/mol. The van der Waals surface area contributed by atoms with Gasteiger partial charge in [-0.05, 0) is 45.2 Å². The topological polar surface area (TPSA) is 0 Å². The zero-order valence-corrected chi connectivity index (χ0v) is 13.3. The van der Waals surface area contributed by atoms with Crippen molar-refractivity contribution < 1.29 is 0 Å². The number of fused-ring (bicyclic) bond motifs is 1. The lowest BCUT2D eigenvalue weighted by atomic mass is 9.91. The van der Waals surface area contributed by atoms with Crippen LogP contribution in [-0.4, -0.2) is 0 Å². The summed E-state index contributed by atoms with van der Waals surface area (Å²) in [5.41, 5.74) is 4.84. The van der Waals surface area contributed by atoms with E-state index in [2.05, 4.69) is 66.7 Å². The normalized spacial score (nSPS) is 10.8. The van der Waals surface area contributed by atoms with Crippen molar-refractivity contribution in [3.8, 4) is 22.3 Å². The second-order valence-corrected chi connectivity index (χ2v) is 6.02. The highest BCUT2D eigenvalue weighted by Gasteiger charge is 2.09. The van der Waals surface area contributed by atoms with Gasteiger partial charge in [-0.1, -0.05) is 90.5 Å². The van der Waals surface area contributed by atoms with Crippen molar-refractivity contribution in [3.05, 3.63) is 96.0 Å². The lowest BCUT2D eigenvalue weighted by Crippen LogP contribution is -1.86. The second kappa shape index (κ2) is 5.91. The summed E-state index contributed by atoms with van der Waals surface area (Å²) in [6.07, 6.45) is 0. The van der Waals surface area contributed by atoms with E-state index in [4.69, 9.17) is 11.6 Å². The second-order valence-electron chi connectivity index (χ2n) is 5.59. The van der Waals surface area contributed by atoms with Gasteiger partial charge in [-0.25, -0.2) is 0 Å². The Kier molecular flexibility index (Phi) is 3.61. The molecule has 1 heteroatoms. The third-order valence-corrected chi connectivity index (χ3v) is 4.36. The fraction of sp³-hybridized carbons (Fsp3) is 0. The van der Waals surface area contributed by atoms with Crippen LogP contribution in [0.2, 0.25) is 5.02 Å². The lowest BCUT2D eigenvalue weighted by Gasteiger charge is -2.12. The van der Waals surface area contributed by atoms with E-state index in [1.807, 2.05) is 24.3 Å². The van der Waals surface area contributed by atoms with Crippen molar-refractivity contribution in [1.82, 2.24) is 0 Å². The molecule has 0 fully saturated rings. The maximum atomic E-state index is 6.20. The lowest BCUT2D eigenvalue weighted by molar-refractivity contribution is 1.62. The van der Waals surface area contributed by atoms with E-state index >= 15 is 0 Å². The molecule has 0 N–H and O–H groups in total. The van der Waals surface area contributed by atoms with Crippen molar-refractivity contribution in [2.45, 2.75) is 0 Å². The third kappa shape index (κ3) is 2.62. The van der Waals surface area contributed by atoms with Gasteiger partial charge < -0.3 is 0 Å². The summed E-state index contributed by atoms with van der Waals surface area (Å²) in [6, 6.07) is 31.5. The van der Waals surface area contributed by atoms with Crippen LogP contribution in [0.3, 0.4) is 0 Å². The summed E-state index contributed by atoms with van der Waals surface area (Å²) in [5.74, 6) is 0. The van der Waals surface area contributed by atoms with E-state index < -0.39 is 0 Å². The standard InChI is InChI=1S/C22H15Cl/c23-19-12-4-11-18(15-19)21-14-6-10-17-9-5-13-20(22(17)21)16-7-2-1-3-8-16/h1-15H. The smallest absolute Gasteiger partial charge is 0.0412 e. The van der Waals surface area contributed by atoms with E-state index in [1.165, 1.54) is 27.5 Å². The third-order valence-electron chi connectivity index (χ3n) is 4.13. The summed E-state index contributed by atoms with van der Waals surface area (Å²) in [5, 5.41) is 3.27. The Bertz CT molecular complexity index is 966. The first-order chi connectivity index (χ1) is 11.3. The summed E-state index contributed by atoms with van der Waals surface area (Å²) in [4.78, 5) is 0. The minimum atomic E-state index is 0.761. The minimum absolute atomic E-state index is 0.761. The van der Waals surface area contributed by atoms with E-state index in [-0.39, 0.29) is 0 Å². The van der Waals surface area contributed by atoms with Crippen molar-refractivity contribution >= 4 is 22.4 Å². The Morgan fingerprint density at radius 2 is 1.13 bits per heavy atom. The van der Waals surface area contributed by atoms with Crippen molar-refractivity contribution in [3.63, 3.8) is 0 Å². The van der Waals surface area contributed by atoms with E-state index in [0.717, 1.165) is 10.6 Å². The van der Waals surface area contributed by atoms with Gasteiger partial charge in [0, 0.05) is 5.02 Å². The molecule has 4 aromatic carbocycles. The molecule has 110 valence electrons. The van der Waals surface area contributed by atoms with Crippen LogP contribution < -0.4 is 0 Å². The molecule has 0 saturated carbocycles. The summed E-state index contributed by atoms with van der Waals surface area (Å²) < 4.78 is 0. The van der Waals surface area contributed by atoms with Crippen LogP contribution in [0.25, 0.3) is 33.0 Å². The molecule has 4 rings (SSSR count). The number of rotatable bonds is 2. The van der Waals surface area contributed by atoms with Gasteiger partial charge in [-0.15, -0.1) is 0 Å². The molecule has 0 unspecified atom stereocenters. The molecular formula is C22H15Cl. The molecule has 0 nitrogen and oxygen atoms in total. The van der Waals surface area contributed by atoms with Gasteiger partial charge in [-0.2, -0.15) is 0 Å². The summed E-state index contributed by atoms with van der Waals surface area (Å²) in [6.45, 7) is 0. The van der Waals surface area contributed by atoms with E-state index in [0.29, 0.717) is 0 Å². The van der Waals surface area contributed by atoms with Crippen LogP contribution in [0.15, 0.2) is 91.0 Å². The first kappa shape index (κ1) is 14.0. The predicted octanol–water partition coefficient (Wildman–Crippen LogP) is 6.83. The van der Waals surface area contributed by atoms with Gasteiger partial charge in [0.05, 0.1) is 0 Å². The number of hydrogen-bond donors (Lipinski definition) is 0.